The summed E-state index contributed by atoms with van der Waals surface area (Å²) in [6, 6.07) is -1.34. The molecule has 0 radical (unpaired) electrons. The molecular weight excluding hydrogens is 494 g/mol. The Balaban J connectivity index is 1.81. The van der Waals surface area contributed by atoms with Crippen LogP contribution in [0.25, 0.3) is 0 Å². The van der Waals surface area contributed by atoms with Crippen molar-refractivity contribution in [2.45, 2.75) is 108 Å². The Morgan fingerprint density at radius 1 is 1.13 bits per heavy atom. The van der Waals surface area contributed by atoms with Crippen LogP contribution in [0.2, 0.25) is 0 Å². The third-order valence-corrected chi connectivity index (χ3v) is 9.81. The molecule has 39 heavy (non-hydrogen) atoms. The summed E-state index contributed by atoms with van der Waals surface area (Å²) in [5, 5.41) is 10.5. The fraction of sp³-hybridized carbons (Fsp3) is 0.774. The molecule has 6 atom stereocenters. The fourth-order valence-corrected chi connectivity index (χ4v) is 8.02. The number of rotatable bonds is 12. The number of carbonyl (C=O) groups excluding carboxylic acids is 3. The minimum atomic E-state index is -1.09. The van der Waals surface area contributed by atoms with E-state index in [1.165, 1.54) is 0 Å². The van der Waals surface area contributed by atoms with Gasteiger partial charge in [0.25, 0.3) is 0 Å². The number of carbonyl (C=O) groups is 3. The molecule has 1 spiro atoms. The van der Waals surface area contributed by atoms with E-state index >= 15 is 0 Å². The highest BCUT2D eigenvalue weighted by molar-refractivity contribution is 5.99. The first-order valence-electron chi connectivity index (χ1n) is 15.1. The van der Waals surface area contributed by atoms with Gasteiger partial charge in [0, 0.05) is 25.7 Å². The highest BCUT2D eigenvalue weighted by Crippen LogP contribution is 2.64. The Morgan fingerprint density at radius 2 is 1.79 bits per heavy atom. The van der Waals surface area contributed by atoms with Crippen molar-refractivity contribution >= 4 is 17.7 Å². The molecule has 8 heteroatoms. The maximum absolute atomic E-state index is 14.7. The summed E-state index contributed by atoms with van der Waals surface area (Å²) in [5.74, 6) is -1.99. The zero-order valence-electron chi connectivity index (χ0n) is 24.4. The summed E-state index contributed by atoms with van der Waals surface area (Å²) >= 11 is 0. The molecule has 1 N–H and O–H groups in total. The number of hydrogen-bond acceptors (Lipinski definition) is 5. The predicted octanol–water partition coefficient (Wildman–Crippen LogP) is 3.54. The third-order valence-electron chi connectivity index (χ3n) is 9.81. The average molecular weight is 544 g/mol. The van der Waals surface area contributed by atoms with Gasteiger partial charge in [0.05, 0.1) is 30.1 Å². The second-order valence-corrected chi connectivity index (χ2v) is 12.6. The molecule has 3 saturated heterocycles. The Labute approximate surface area is 234 Å². The Morgan fingerprint density at radius 3 is 2.36 bits per heavy atom. The molecule has 218 valence electrons. The van der Waals surface area contributed by atoms with Gasteiger partial charge in [0.1, 0.15) is 11.6 Å². The molecule has 4 aliphatic rings. The third kappa shape index (κ3) is 4.86. The maximum atomic E-state index is 14.7. The first kappa shape index (κ1) is 29.8. The normalized spacial score (nSPS) is 32.8. The molecule has 3 amide bonds. The van der Waals surface area contributed by atoms with Crippen LogP contribution < -0.4 is 0 Å². The molecule has 4 rings (SSSR count). The number of fused-ring (bicyclic) bond motifs is 1. The van der Waals surface area contributed by atoms with Crippen LogP contribution in [0.5, 0.6) is 0 Å². The van der Waals surface area contributed by atoms with E-state index in [1.54, 1.807) is 22.0 Å². The second-order valence-electron chi connectivity index (χ2n) is 12.6. The van der Waals surface area contributed by atoms with Crippen LogP contribution >= 0.6 is 0 Å². The Hall–Kier alpha value is -2.19. The van der Waals surface area contributed by atoms with E-state index in [0.29, 0.717) is 32.5 Å². The van der Waals surface area contributed by atoms with Crippen LogP contribution in [-0.4, -0.2) is 93.1 Å². The zero-order chi connectivity index (χ0) is 28.5. The van der Waals surface area contributed by atoms with Gasteiger partial charge in [-0.2, -0.15) is 0 Å². The van der Waals surface area contributed by atoms with Gasteiger partial charge in [-0.1, -0.05) is 52.2 Å². The summed E-state index contributed by atoms with van der Waals surface area (Å²) in [6.07, 6.45) is 10.6. The monoisotopic (exact) mass is 543 g/mol. The van der Waals surface area contributed by atoms with Gasteiger partial charge in [-0.3, -0.25) is 14.4 Å². The molecule has 3 heterocycles. The standard InChI is InChI=1S/C31H49N3O5/c1-7-17-32(18-8-2)27(36)24-25-28(37)34(23(20-35)21(4)5)26(31(25)16-15-30(24,6)39-31)29(38)33(19-9-3)22-13-11-10-12-14-22/h7,9,21-26,35H,1,3,8,10-20H2,2,4-6H3/t23-,24-,25-,26?,30+,31?/m0/s1. The van der Waals surface area contributed by atoms with Gasteiger partial charge >= 0.3 is 0 Å². The lowest BCUT2D eigenvalue weighted by Gasteiger charge is -2.43. The van der Waals surface area contributed by atoms with Crippen molar-refractivity contribution in [2.24, 2.45) is 17.8 Å². The van der Waals surface area contributed by atoms with E-state index in [4.69, 9.17) is 4.74 Å². The first-order valence-corrected chi connectivity index (χ1v) is 15.1. The largest absolute Gasteiger partial charge is 0.394 e. The molecule has 2 bridgehead atoms. The molecular formula is C31H49N3O5. The molecule has 3 aliphatic heterocycles. The first-order chi connectivity index (χ1) is 18.6. The average Bonchev–Trinajstić information content (AvgIpc) is 3.48. The minimum Gasteiger partial charge on any atom is -0.394 e. The Kier molecular flexibility index (Phi) is 8.96. The molecule has 1 aliphatic carbocycles. The van der Waals surface area contributed by atoms with E-state index in [9.17, 15) is 19.5 Å². The van der Waals surface area contributed by atoms with E-state index in [-0.39, 0.29) is 36.3 Å². The summed E-state index contributed by atoms with van der Waals surface area (Å²) in [7, 11) is 0. The predicted molar refractivity (Wildman–Crippen MR) is 151 cm³/mol. The summed E-state index contributed by atoms with van der Waals surface area (Å²) in [6.45, 7) is 16.8. The molecule has 2 unspecified atom stereocenters. The van der Waals surface area contributed by atoms with Crippen LogP contribution in [0.1, 0.15) is 79.1 Å². The quantitative estimate of drug-likeness (QED) is 0.380. The number of ether oxygens (including phenoxy) is 1. The maximum Gasteiger partial charge on any atom is 0.248 e. The van der Waals surface area contributed by atoms with Gasteiger partial charge in [0.2, 0.25) is 17.7 Å². The number of hydrogen-bond donors (Lipinski definition) is 1. The highest BCUT2D eigenvalue weighted by Gasteiger charge is 2.79. The van der Waals surface area contributed by atoms with E-state index in [2.05, 4.69) is 13.2 Å². The van der Waals surface area contributed by atoms with Gasteiger partial charge in [-0.15, -0.1) is 13.2 Å². The Bertz CT molecular complexity index is 962. The smallest absolute Gasteiger partial charge is 0.248 e. The lowest BCUT2D eigenvalue weighted by Crippen LogP contribution is -2.61. The summed E-state index contributed by atoms with van der Waals surface area (Å²) in [4.78, 5) is 48.6. The number of likely N-dealkylation sites (tertiary alicyclic amines) is 1. The molecule has 0 aromatic heterocycles. The molecule has 0 aromatic carbocycles. The van der Waals surface area contributed by atoms with E-state index in [0.717, 1.165) is 38.5 Å². The highest BCUT2D eigenvalue weighted by atomic mass is 16.5. The van der Waals surface area contributed by atoms with Crippen molar-refractivity contribution in [3.8, 4) is 0 Å². The van der Waals surface area contributed by atoms with Crippen LogP contribution in [0, 0.1) is 17.8 Å². The molecule has 4 fully saturated rings. The lowest BCUT2D eigenvalue weighted by molar-refractivity contribution is -0.159. The van der Waals surface area contributed by atoms with Gasteiger partial charge < -0.3 is 24.5 Å². The van der Waals surface area contributed by atoms with Gasteiger partial charge in [-0.05, 0) is 44.9 Å². The zero-order valence-corrected chi connectivity index (χ0v) is 24.4. The number of nitrogens with zero attached hydrogens (tertiary/aromatic N) is 3. The van der Waals surface area contributed by atoms with E-state index < -0.39 is 35.1 Å². The fourth-order valence-electron chi connectivity index (χ4n) is 8.02. The molecule has 8 nitrogen and oxygen atoms in total. The summed E-state index contributed by atoms with van der Waals surface area (Å²) < 4.78 is 6.85. The van der Waals surface area contributed by atoms with Crippen LogP contribution in [0.4, 0.5) is 0 Å². The van der Waals surface area contributed by atoms with Crippen molar-refractivity contribution in [1.29, 1.82) is 0 Å². The summed E-state index contributed by atoms with van der Waals surface area (Å²) in [5.41, 5.74) is -1.92. The number of aliphatic hydroxyl groups excluding tert-OH is 1. The van der Waals surface area contributed by atoms with Crippen molar-refractivity contribution in [3.05, 3.63) is 25.3 Å². The van der Waals surface area contributed by atoms with Crippen LogP contribution in [0.3, 0.4) is 0 Å². The SMILES string of the molecule is C=CCN(CCC)C(=O)[C@@H]1[C@H]2C(=O)N([C@@H](CO)C(C)C)C(C(=O)N(CC=C)C3CCCCC3)C23CC[C@@]1(C)O3. The number of amides is 3. The topological polar surface area (TPSA) is 90.4 Å². The van der Waals surface area contributed by atoms with Crippen LogP contribution in [0.15, 0.2) is 25.3 Å². The van der Waals surface area contributed by atoms with Gasteiger partial charge in [0.15, 0.2) is 0 Å². The molecule has 0 aromatic rings. The minimum absolute atomic E-state index is 0.0775. The molecule has 1 saturated carbocycles. The van der Waals surface area contributed by atoms with Crippen molar-refractivity contribution in [3.63, 3.8) is 0 Å². The van der Waals surface area contributed by atoms with Crippen molar-refractivity contribution in [1.82, 2.24) is 14.7 Å². The van der Waals surface area contributed by atoms with Gasteiger partial charge in [-0.25, -0.2) is 0 Å². The van der Waals surface area contributed by atoms with Crippen molar-refractivity contribution in [2.75, 3.05) is 26.2 Å². The van der Waals surface area contributed by atoms with Crippen LogP contribution in [-0.2, 0) is 19.1 Å². The number of aliphatic hydroxyl groups is 1. The van der Waals surface area contributed by atoms with E-state index in [1.807, 2.05) is 32.6 Å². The van der Waals surface area contributed by atoms with Crippen molar-refractivity contribution < 1.29 is 24.2 Å². The second kappa shape index (κ2) is 11.7. The lowest BCUT2D eigenvalue weighted by atomic mass is 9.66.